The molecule has 1 N–H and O–H groups in total. The maximum absolute atomic E-state index is 4.49. The number of hydrogen-bond donors (Lipinski definition) is 1. The molecule has 90 valence electrons. The molecule has 3 rings (SSSR count). The molecule has 0 saturated carbocycles. The Morgan fingerprint density at radius 2 is 2.29 bits per heavy atom. The standard InChI is InChI=1S/C14H19N3/c1-2-13-12-6-4-3-5-11(12)9-17(13)10-14-15-7-8-16-14/h3-6,13H,2,7-10H2,1H3,(H,15,16). The zero-order valence-electron chi connectivity index (χ0n) is 10.3. The lowest BCUT2D eigenvalue weighted by Gasteiger charge is -2.23. The van der Waals surface area contributed by atoms with Gasteiger partial charge < -0.3 is 5.32 Å². The van der Waals surface area contributed by atoms with Crippen LogP contribution in [0.4, 0.5) is 0 Å². The average molecular weight is 229 g/mol. The second-order valence-corrected chi connectivity index (χ2v) is 4.78. The second kappa shape index (κ2) is 4.49. The molecule has 0 fully saturated rings. The quantitative estimate of drug-likeness (QED) is 0.858. The maximum atomic E-state index is 4.49. The molecule has 0 aliphatic carbocycles. The Kier molecular flexibility index (Phi) is 2.85. The van der Waals surface area contributed by atoms with Crippen molar-refractivity contribution in [1.82, 2.24) is 10.2 Å². The number of nitrogens with one attached hydrogen (secondary N) is 1. The van der Waals surface area contributed by atoms with Gasteiger partial charge in [-0.05, 0) is 17.5 Å². The van der Waals surface area contributed by atoms with Crippen molar-refractivity contribution in [2.24, 2.45) is 4.99 Å². The van der Waals surface area contributed by atoms with Gasteiger partial charge in [-0.2, -0.15) is 0 Å². The van der Waals surface area contributed by atoms with Gasteiger partial charge in [-0.3, -0.25) is 9.89 Å². The number of aliphatic imine (C=N–C) groups is 1. The first-order valence-corrected chi connectivity index (χ1v) is 6.47. The van der Waals surface area contributed by atoms with Crippen molar-refractivity contribution in [2.45, 2.75) is 25.9 Å². The molecule has 3 nitrogen and oxygen atoms in total. The van der Waals surface area contributed by atoms with Crippen LogP contribution in [0.15, 0.2) is 29.3 Å². The Bertz CT molecular complexity index is 439. The molecule has 1 unspecified atom stereocenters. The van der Waals surface area contributed by atoms with E-state index in [0.29, 0.717) is 6.04 Å². The van der Waals surface area contributed by atoms with Gasteiger partial charge in [0.15, 0.2) is 0 Å². The van der Waals surface area contributed by atoms with Gasteiger partial charge in [0.05, 0.1) is 13.1 Å². The summed E-state index contributed by atoms with van der Waals surface area (Å²) in [7, 11) is 0. The molecule has 2 aliphatic rings. The van der Waals surface area contributed by atoms with Gasteiger partial charge in [0.25, 0.3) is 0 Å². The van der Waals surface area contributed by atoms with E-state index in [9.17, 15) is 0 Å². The second-order valence-electron chi connectivity index (χ2n) is 4.78. The lowest BCUT2D eigenvalue weighted by Crippen LogP contribution is -2.34. The summed E-state index contributed by atoms with van der Waals surface area (Å²) in [5, 5.41) is 3.36. The Morgan fingerprint density at radius 3 is 3.06 bits per heavy atom. The highest BCUT2D eigenvalue weighted by Crippen LogP contribution is 2.35. The van der Waals surface area contributed by atoms with Crippen LogP contribution in [0, 0.1) is 0 Å². The van der Waals surface area contributed by atoms with Crippen LogP contribution in [0.5, 0.6) is 0 Å². The predicted molar refractivity (Wildman–Crippen MR) is 70.2 cm³/mol. The van der Waals surface area contributed by atoms with Crippen molar-refractivity contribution in [3.05, 3.63) is 35.4 Å². The van der Waals surface area contributed by atoms with Crippen molar-refractivity contribution in [1.29, 1.82) is 0 Å². The first-order valence-electron chi connectivity index (χ1n) is 6.47. The molecule has 1 aromatic carbocycles. The van der Waals surface area contributed by atoms with Gasteiger partial charge >= 0.3 is 0 Å². The topological polar surface area (TPSA) is 27.6 Å². The third kappa shape index (κ3) is 1.95. The molecule has 2 heterocycles. The molecule has 17 heavy (non-hydrogen) atoms. The summed E-state index contributed by atoms with van der Waals surface area (Å²) < 4.78 is 0. The molecule has 1 aromatic rings. The fourth-order valence-electron chi connectivity index (χ4n) is 2.92. The Balaban J connectivity index is 1.79. The van der Waals surface area contributed by atoms with Crippen molar-refractivity contribution >= 4 is 5.84 Å². The van der Waals surface area contributed by atoms with Crippen molar-refractivity contribution < 1.29 is 0 Å². The number of fused-ring (bicyclic) bond motifs is 1. The molecule has 0 spiro atoms. The molecule has 2 aliphatic heterocycles. The Hall–Kier alpha value is -1.35. The van der Waals surface area contributed by atoms with Gasteiger partial charge in [-0.15, -0.1) is 0 Å². The van der Waals surface area contributed by atoms with Gasteiger partial charge in [0.2, 0.25) is 0 Å². The Morgan fingerprint density at radius 1 is 1.41 bits per heavy atom. The van der Waals surface area contributed by atoms with Crippen LogP contribution in [0.25, 0.3) is 0 Å². The summed E-state index contributed by atoms with van der Waals surface area (Å²) in [6, 6.07) is 9.38. The average Bonchev–Trinajstić information content (AvgIpc) is 2.96. The smallest absolute Gasteiger partial charge is 0.111 e. The van der Waals surface area contributed by atoms with Crippen LogP contribution >= 0.6 is 0 Å². The third-order valence-corrected chi connectivity index (χ3v) is 3.71. The van der Waals surface area contributed by atoms with Crippen LogP contribution in [0.3, 0.4) is 0 Å². The van der Waals surface area contributed by atoms with E-state index in [1.54, 1.807) is 0 Å². The monoisotopic (exact) mass is 229 g/mol. The molecule has 1 atom stereocenters. The van der Waals surface area contributed by atoms with E-state index in [2.05, 4.69) is 46.4 Å². The van der Waals surface area contributed by atoms with E-state index >= 15 is 0 Å². The minimum atomic E-state index is 0.566. The van der Waals surface area contributed by atoms with E-state index in [0.717, 1.165) is 32.0 Å². The molecule has 0 aromatic heterocycles. The molecule has 0 saturated heterocycles. The number of nitrogens with zero attached hydrogens (tertiary/aromatic N) is 2. The molecular formula is C14H19N3. The number of rotatable bonds is 3. The number of hydrogen-bond acceptors (Lipinski definition) is 3. The lowest BCUT2D eigenvalue weighted by molar-refractivity contribution is 0.240. The molecular weight excluding hydrogens is 210 g/mol. The highest BCUT2D eigenvalue weighted by Gasteiger charge is 2.29. The zero-order chi connectivity index (χ0) is 11.7. The number of benzene rings is 1. The SMILES string of the molecule is CCC1c2ccccc2CN1CC1=NCCN1. The van der Waals surface area contributed by atoms with E-state index in [4.69, 9.17) is 0 Å². The molecule has 0 amide bonds. The van der Waals surface area contributed by atoms with E-state index in [-0.39, 0.29) is 0 Å². The van der Waals surface area contributed by atoms with Gasteiger partial charge in [-0.1, -0.05) is 31.2 Å². The summed E-state index contributed by atoms with van der Waals surface area (Å²) in [5.74, 6) is 1.16. The zero-order valence-corrected chi connectivity index (χ0v) is 10.3. The fraction of sp³-hybridized carbons (Fsp3) is 0.500. The first kappa shape index (κ1) is 10.8. The normalized spacial score (nSPS) is 23.4. The van der Waals surface area contributed by atoms with E-state index < -0.39 is 0 Å². The number of amidine groups is 1. The summed E-state index contributed by atoms with van der Waals surface area (Å²) in [6.07, 6.45) is 1.17. The summed E-state index contributed by atoms with van der Waals surface area (Å²) in [6.45, 7) is 6.24. The molecule has 0 bridgehead atoms. The highest BCUT2D eigenvalue weighted by molar-refractivity contribution is 5.85. The van der Waals surface area contributed by atoms with Crippen molar-refractivity contribution in [2.75, 3.05) is 19.6 Å². The fourth-order valence-corrected chi connectivity index (χ4v) is 2.92. The van der Waals surface area contributed by atoms with Crippen LogP contribution in [0.1, 0.15) is 30.5 Å². The van der Waals surface area contributed by atoms with Gasteiger partial charge in [0, 0.05) is 19.1 Å². The summed E-state index contributed by atoms with van der Waals surface area (Å²) in [4.78, 5) is 7.02. The van der Waals surface area contributed by atoms with Gasteiger partial charge in [0.1, 0.15) is 5.84 Å². The highest BCUT2D eigenvalue weighted by atomic mass is 15.2. The minimum absolute atomic E-state index is 0.566. The van der Waals surface area contributed by atoms with Crippen LogP contribution in [-0.4, -0.2) is 30.4 Å². The van der Waals surface area contributed by atoms with Gasteiger partial charge in [-0.25, -0.2) is 0 Å². The van der Waals surface area contributed by atoms with Crippen LogP contribution in [-0.2, 0) is 6.54 Å². The van der Waals surface area contributed by atoms with Crippen molar-refractivity contribution in [3.8, 4) is 0 Å². The summed E-state index contributed by atoms with van der Waals surface area (Å²) in [5.41, 5.74) is 2.99. The molecule has 3 heteroatoms. The van der Waals surface area contributed by atoms with Crippen LogP contribution in [0.2, 0.25) is 0 Å². The predicted octanol–water partition coefficient (Wildman–Crippen LogP) is 1.95. The largest absolute Gasteiger partial charge is 0.371 e. The Labute approximate surface area is 103 Å². The van der Waals surface area contributed by atoms with E-state index in [1.807, 2.05) is 0 Å². The minimum Gasteiger partial charge on any atom is -0.371 e. The van der Waals surface area contributed by atoms with Crippen molar-refractivity contribution in [3.63, 3.8) is 0 Å². The third-order valence-electron chi connectivity index (χ3n) is 3.71. The molecule has 0 radical (unpaired) electrons. The lowest BCUT2D eigenvalue weighted by atomic mass is 10.0. The maximum Gasteiger partial charge on any atom is 0.111 e. The first-order chi connectivity index (χ1) is 8.38. The van der Waals surface area contributed by atoms with Crippen LogP contribution < -0.4 is 5.32 Å². The summed E-state index contributed by atoms with van der Waals surface area (Å²) >= 11 is 0. The van der Waals surface area contributed by atoms with E-state index in [1.165, 1.54) is 17.5 Å².